The number of rotatable bonds is 8. The summed E-state index contributed by atoms with van der Waals surface area (Å²) < 4.78 is 41.5. The van der Waals surface area contributed by atoms with Crippen molar-refractivity contribution < 1.29 is 17.9 Å². The molecule has 0 spiro atoms. The van der Waals surface area contributed by atoms with Gasteiger partial charge < -0.3 is 9.47 Å². The number of hydrogen-bond donors (Lipinski definition) is 0. The quantitative estimate of drug-likeness (QED) is 0.528. The van der Waals surface area contributed by atoms with Gasteiger partial charge in [0.25, 0.3) is 0 Å². The van der Waals surface area contributed by atoms with Gasteiger partial charge in [0.2, 0.25) is 10.0 Å². The van der Waals surface area contributed by atoms with Gasteiger partial charge in [-0.2, -0.15) is 8.99 Å². The molecular weight excluding hydrogens is 418 g/mol. The van der Waals surface area contributed by atoms with Crippen LogP contribution in [0.3, 0.4) is 0 Å². The van der Waals surface area contributed by atoms with Crippen LogP contribution in [0.4, 0.5) is 0 Å². The minimum Gasteiger partial charge on any atom is -0.496 e. The zero-order valence-corrected chi connectivity index (χ0v) is 18.3. The highest BCUT2D eigenvalue weighted by molar-refractivity contribution is 7.89. The standard InChI is InChI=1S/C21H25N5O4S/c1-29-20-10-6-3-7-16(20)14-26(17-8-4-5-9-17)31(27,28)18-11-12-19(21(13-18)30-2)25-15-22-23-24-25/h3,6-7,10-13,15,17H,4-5,8-9,14H2,1-2H3. The molecule has 0 aliphatic heterocycles. The molecule has 0 bridgehead atoms. The SMILES string of the molecule is COc1ccccc1CN(C1CCCC1)S(=O)(=O)c1ccc(-n2cnnn2)c(OC)c1. The van der Waals surface area contributed by atoms with Crippen LogP contribution in [0.1, 0.15) is 31.2 Å². The molecule has 0 saturated heterocycles. The molecule has 0 amide bonds. The monoisotopic (exact) mass is 443 g/mol. The number of nitrogens with zero attached hydrogens (tertiary/aromatic N) is 5. The largest absolute Gasteiger partial charge is 0.496 e. The van der Waals surface area contributed by atoms with Crippen LogP contribution >= 0.6 is 0 Å². The lowest BCUT2D eigenvalue weighted by Gasteiger charge is -2.29. The van der Waals surface area contributed by atoms with Crippen LogP contribution in [0.25, 0.3) is 5.69 Å². The van der Waals surface area contributed by atoms with Crippen LogP contribution in [0.2, 0.25) is 0 Å². The summed E-state index contributed by atoms with van der Waals surface area (Å²) in [6.07, 6.45) is 5.15. The van der Waals surface area contributed by atoms with Gasteiger partial charge in [-0.15, -0.1) is 5.10 Å². The Bertz CT molecular complexity index is 1130. The van der Waals surface area contributed by atoms with Gasteiger partial charge in [0.15, 0.2) is 0 Å². The van der Waals surface area contributed by atoms with Crippen molar-refractivity contribution in [3.05, 3.63) is 54.4 Å². The Morgan fingerprint density at radius 3 is 2.48 bits per heavy atom. The molecule has 9 nitrogen and oxygen atoms in total. The lowest BCUT2D eigenvalue weighted by molar-refractivity contribution is 0.309. The van der Waals surface area contributed by atoms with E-state index in [2.05, 4.69) is 15.5 Å². The van der Waals surface area contributed by atoms with E-state index in [1.807, 2.05) is 24.3 Å². The van der Waals surface area contributed by atoms with Gasteiger partial charge in [0, 0.05) is 24.2 Å². The number of tetrazole rings is 1. The van der Waals surface area contributed by atoms with Crippen molar-refractivity contribution in [1.29, 1.82) is 0 Å². The van der Waals surface area contributed by atoms with Gasteiger partial charge in [0.1, 0.15) is 23.5 Å². The minimum atomic E-state index is -3.79. The zero-order chi connectivity index (χ0) is 21.8. The maximum Gasteiger partial charge on any atom is 0.243 e. The molecule has 31 heavy (non-hydrogen) atoms. The minimum absolute atomic E-state index is 0.0555. The average Bonchev–Trinajstić information content (AvgIpc) is 3.51. The third kappa shape index (κ3) is 4.26. The third-order valence-electron chi connectivity index (χ3n) is 5.60. The second kappa shape index (κ2) is 9.03. The van der Waals surface area contributed by atoms with Crippen molar-refractivity contribution in [1.82, 2.24) is 24.5 Å². The molecule has 164 valence electrons. The van der Waals surface area contributed by atoms with Crippen molar-refractivity contribution in [2.75, 3.05) is 14.2 Å². The van der Waals surface area contributed by atoms with Crippen LogP contribution in [-0.2, 0) is 16.6 Å². The summed E-state index contributed by atoms with van der Waals surface area (Å²) in [6.45, 7) is 0.244. The fourth-order valence-corrected chi connectivity index (χ4v) is 5.70. The zero-order valence-electron chi connectivity index (χ0n) is 17.5. The van der Waals surface area contributed by atoms with E-state index in [1.54, 1.807) is 23.5 Å². The summed E-state index contributed by atoms with van der Waals surface area (Å²) in [7, 11) is -0.707. The van der Waals surface area contributed by atoms with Gasteiger partial charge in [-0.05, 0) is 41.5 Å². The number of para-hydroxylation sites is 1. The third-order valence-corrected chi connectivity index (χ3v) is 7.50. The van der Waals surface area contributed by atoms with Gasteiger partial charge >= 0.3 is 0 Å². The van der Waals surface area contributed by atoms with Crippen LogP contribution in [0, 0.1) is 0 Å². The highest BCUT2D eigenvalue weighted by atomic mass is 32.2. The van der Waals surface area contributed by atoms with E-state index < -0.39 is 10.0 Å². The molecule has 4 rings (SSSR count). The topological polar surface area (TPSA) is 99.4 Å². The van der Waals surface area contributed by atoms with Crippen molar-refractivity contribution in [3.63, 3.8) is 0 Å². The Hall–Kier alpha value is -2.98. The van der Waals surface area contributed by atoms with Crippen molar-refractivity contribution >= 4 is 10.0 Å². The molecule has 0 atom stereocenters. The second-order valence-electron chi connectivity index (χ2n) is 7.39. The lowest BCUT2D eigenvalue weighted by Crippen LogP contribution is -2.38. The van der Waals surface area contributed by atoms with Crippen LogP contribution < -0.4 is 9.47 Å². The van der Waals surface area contributed by atoms with E-state index in [0.717, 1.165) is 31.2 Å². The van der Waals surface area contributed by atoms with E-state index in [0.29, 0.717) is 17.2 Å². The number of ether oxygens (including phenoxy) is 2. The summed E-state index contributed by atoms with van der Waals surface area (Å²) in [5.74, 6) is 1.05. The highest BCUT2D eigenvalue weighted by Gasteiger charge is 2.34. The summed E-state index contributed by atoms with van der Waals surface area (Å²) >= 11 is 0. The first-order chi connectivity index (χ1) is 15.0. The fourth-order valence-electron chi connectivity index (χ4n) is 4.02. The molecule has 0 unspecified atom stereocenters. The molecule has 0 radical (unpaired) electrons. The molecule has 2 aromatic carbocycles. The summed E-state index contributed by atoms with van der Waals surface area (Å²) in [4.78, 5) is 0.169. The summed E-state index contributed by atoms with van der Waals surface area (Å²) in [6, 6.07) is 12.2. The molecular formula is C21H25N5O4S. The Morgan fingerprint density at radius 2 is 1.81 bits per heavy atom. The fraction of sp³-hybridized carbons (Fsp3) is 0.381. The average molecular weight is 444 g/mol. The molecule has 1 aliphatic rings. The Morgan fingerprint density at radius 1 is 1.06 bits per heavy atom. The number of sulfonamides is 1. The molecule has 1 fully saturated rings. The summed E-state index contributed by atoms with van der Waals surface area (Å²) in [5.41, 5.74) is 1.39. The number of benzene rings is 2. The Balaban J connectivity index is 1.73. The molecule has 1 saturated carbocycles. The molecule has 1 aliphatic carbocycles. The Kier molecular flexibility index (Phi) is 6.19. The first-order valence-electron chi connectivity index (χ1n) is 10.1. The normalized spacial score (nSPS) is 14.8. The van der Waals surface area contributed by atoms with E-state index in [9.17, 15) is 8.42 Å². The highest BCUT2D eigenvalue weighted by Crippen LogP contribution is 2.34. The number of hydrogen-bond acceptors (Lipinski definition) is 7. The Labute approximate surface area is 181 Å². The predicted octanol–water partition coefficient (Wildman–Crippen LogP) is 2.81. The van der Waals surface area contributed by atoms with Crippen molar-refractivity contribution in [2.45, 2.75) is 43.2 Å². The van der Waals surface area contributed by atoms with E-state index in [4.69, 9.17) is 9.47 Å². The van der Waals surface area contributed by atoms with E-state index >= 15 is 0 Å². The second-order valence-corrected chi connectivity index (χ2v) is 9.28. The van der Waals surface area contributed by atoms with Crippen LogP contribution in [0.5, 0.6) is 11.5 Å². The van der Waals surface area contributed by atoms with Crippen molar-refractivity contribution in [2.24, 2.45) is 0 Å². The van der Waals surface area contributed by atoms with Gasteiger partial charge in [-0.25, -0.2) is 8.42 Å². The first kappa shape index (κ1) is 21.3. The van der Waals surface area contributed by atoms with Crippen LogP contribution in [-0.4, -0.2) is 53.2 Å². The molecule has 3 aromatic rings. The molecule has 1 heterocycles. The number of aromatic nitrogens is 4. The smallest absolute Gasteiger partial charge is 0.243 e. The van der Waals surface area contributed by atoms with Gasteiger partial charge in [0.05, 0.1) is 19.1 Å². The maximum atomic E-state index is 13.8. The van der Waals surface area contributed by atoms with Crippen molar-refractivity contribution in [3.8, 4) is 17.2 Å². The number of methoxy groups -OCH3 is 2. The summed E-state index contributed by atoms with van der Waals surface area (Å²) in [5, 5.41) is 11.1. The van der Waals surface area contributed by atoms with E-state index in [1.165, 1.54) is 24.2 Å². The first-order valence-corrected chi connectivity index (χ1v) is 11.5. The molecule has 0 N–H and O–H groups in total. The van der Waals surface area contributed by atoms with Gasteiger partial charge in [-0.1, -0.05) is 31.0 Å². The molecule has 1 aromatic heterocycles. The van der Waals surface area contributed by atoms with Gasteiger partial charge in [-0.3, -0.25) is 0 Å². The van der Waals surface area contributed by atoms with Crippen LogP contribution in [0.15, 0.2) is 53.7 Å². The molecule has 10 heteroatoms. The van der Waals surface area contributed by atoms with E-state index in [-0.39, 0.29) is 17.5 Å². The predicted molar refractivity (Wildman–Crippen MR) is 114 cm³/mol. The lowest BCUT2D eigenvalue weighted by atomic mass is 10.1. The maximum absolute atomic E-state index is 13.8.